The minimum Gasteiger partial charge on any atom is -0.340 e. The molecule has 0 aromatic carbocycles. The van der Waals surface area contributed by atoms with Gasteiger partial charge in [0.1, 0.15) is 17.8 Å². The normalized spacial score (nSPS) is 10.6. The molecule has 0 fully saturated rings. The van der Waals surface area contributed by atoms with Crippen molar-refractivity contribution in [2.45, 2.75) is 19.9 Å². The second-order valence-electron chi connectivity index (χ2n) is 3.52. The molecule has 0 amide bonds. The van der Waals surface area contributed by atoms with E-state index in [2.05, 4.69) is 15.1 Å². The van der Waals surface area contributed by atoms with Crippen LogP contribution in [0.3, 0.4) is 0 Å². The molecule has 84 valence electrons. The highest BCUT2D eigenvalue weighted by molar-refractivity contribution is 5.95. The van der Waals surface area contributed by atoms with Gasteiger partial charge in [0.05, 0.1) is 12.7 Å². The van der Waals surface area contributed by atoms with Gasteiger partial charge in [0, 0.05) is 19.8 Å². The van der Waals surface area contributed by atoms with Crippen LogP contribution in [0.15, 0.2) is 18.9 Å². The third kappa shape index (κ3) is 2.00. The number of Topliss-reactive ketones (excluding diaryl/α,β-unsaturated/α-hetero) is 1. The van der Waals surface area contributed by atoms with Crippen molar-refractivity contribution >= 4 is 5.78 Å². The van der Waals surface area contributed by atoms with E-state index in [9.17, 15) is 4.79 Å². The van der Waals surface area contributed by atoms with Gasteiger partial charge in [-0.2, -0.15) is 5.10 Å². The molecule has 0 atom stereocenters. The Hall–Kier alpha value is -1.98. The van der Waals surface area contributed by atoms with Crippen molar-refractivity contribution in [1.82, 2.24) is 24.3 Å². The van der Waals surface area contributed by atoms with E-state index in [1.54, 1.807) is 21.8 Å². The van der Waals surface area contributed by atoms with E-state index in [4.69, 9.17) is 0 Å². The first-order chi connectivity index (χ1) is 7.70. The van der Waals surface area contributed by atoms with Gasteiger partial charge in [0.2, 0.25) is 0 Å². The zero-order chi connectivity index (χ0) is 11.5. The molecule has 2 rings (SSSR count). The van der Waals surface area contributed by atoms with Crippen molar-refractivity contribution in [2.24, 2.45) is 7.05 Å². The van der Waals surface area contributed by atoms with Crippen LogP contribution in [-0.4, -0.2) is 30.1 Å². The predicted octanol–water partition coefficient (Wildman–Crippen LogP) is 0.457. The van der Waals surface area contributed by atoms with Crippen molar-refractivity contribution < 1.29 is 4.79 Å². The van der Waals surface area contributed by atoms with E-state index < -0.39 is 0 Å². The highest BCUT2D eigenvalue weighted by Crippen LogP contribution is 2.03. The first-order valence-electron chi connectivity index (χ1n) is 5.08. The van der Waals surface area contributed by atoms with Gasteiger partial charge >= 0.3 is 0 Å². The van der Waals surface area contributed by atoms with Gasteiger partial charge in [0.15, 0.2) is 5.78 Å². The van der Waals surface area contributed by atoms with Gasteiger partial charge in [-0.05, 0) is 6.92 Å². The summed E-state index contributed by atoms with van der Waals surface area (Å²) in [5.41, 5.74) is 0.466. The molecular weight excluding hydrogens is 206 g/mol. The highest BCUT2D eigenvalue weighted by atomic mass is 16.1. The maximum absolute atomic E-state index is 11.8. The molecule has 0 aliphatic carbocycles. The molecule has 6 heteroatoms. The topological polar surface area (TPSA) is 65.6 Å². The number of aryl methyl sites for hydroxylation is 2. The lowest BCUT2D eigenvalue weighted by molar-refractivity contribution is 0.0985. The molecule has 0 spiro atoms. The monoisotopic (exact) mass is 219 g/mol. The molecule has 0 bridgehead atoms. The third-order valence-electron chi connectivity index (χ3n) is 2.30. The fraction of sp³-hybridized carbons (Fsp3) is 0.400. The lowest BCUT2D eigenvalue weighted by Gasteiger charge is -2.00. The summed E-state index contributed by atoms with van der Waals surface area (Å²) >= 11 is 0. The number of rotatable bonds is 4. The number of aromatic nitrogens is 5. The molecule has 0 radical (unpaired) electrons. The second kappa shape index (κ2) is 4.26. The molecule has 0 saturated heterocycles. The highest BCUT2D eigenvalue weighted by Gasteiger charge is 2.13. The maximum atomic E-state index is 11.8. The fourth-order valence-electron chi connectivity index (χ4n) is 1.48. The van der Waals surface area contributed by atoms with Gasteiger partial charge in [-0.1, -0.05) is 0 Å². The number of nitrogens with zero attached hydrogens (tertiary/aromatic N) is 5. The Morgan fingerprint density at radius 2 is 2.25 bits per heavy atom. The molecule has 0 N–H and O–H groups in total. The summed E-state index contributed by atoms with van der Waals surface area (Å²) in [4.78, 5) is 19.9. The van der Waals surface area contributed by atoms with Gasteiger partial charge in [-0.3, -0.25) is 4.79 Å². The van der Waals surface area contributed by atoms with Crippen molar-refractivity contribution in [3.05, 3.63) is 30.4 Å². The standard InChI is InChI=1S/C10H13N5O/c1-3-15-10(11-6-13-15)4-9(16)8-5-14(2)7-12-8/h5-7H,3-4H2,1-2H3. The minimum atomic E-state index is -0.0386. The Labute approximate surface area is 92.9 Å². The van der Waals surface area contributed by atoms with E-state index in [0.29, 0.717) is 18.1 Å². The van der Waals surface area contributed by atoms with Crippen LogP contribution < -0.4 is 0 Å². The van der Waals surface area contributed by atoms with Crippen LogP contribution in [0.4, 0.5) is 0 Å². The van der Waals surface area contributed by atoms with E-state index in [-0.39, 0.29) is 12.2 Å². The molecule has 2 aromatic rings. The van der Waals surface area contributed by atoms with Gasteiger partial charge in [0.25, 0.3) is 0 Å². The minimum absolute atomic E-state index is 0.0386. The Kier molecular flexibility index (Phi) is 2.80. The first kappa shape index (κ1) is 10.5. The quantitative estimate of drug-likeness (QED) is 0.700. The molecule has 0 saturated carbocycles. The van der Waals surface area contributed by atoms with E-state index in [1.165, 1.54) is 6.33 Å². The Morgan fingerprint density at radius 3 is 2.88 bits per heavy atom. The lowest BCUT2D eigenvalue weighted by Crippen LogP contribution is -2.11. The van der Waals surface area contributed by atoms with Crippen LogP contribution in [-0.2, 0) is 20.0 Å². The van der Waals surface area contributed by atoms with Crippen LogP contribution in [0, 0.1) is 0 Å². The van der Waals surface area contributed by atoms with E-state index in [1.807, 2.05) is 14.0 Å². The number of hydrogen-bond donors (Lipinski definition) is 0. The Morgan fingerprint density at radius 1 is 1.44 bits per heavy atom. The fourth-order valence-corrected chi connectivity index (χ4v) is 1.48. The lowest BCUT2D eigenvalue weighted by atomic mass is 10.2. The average molecular weight is 219 g/mol. The van der Waals surface area contributed by atoms with E-state index >= 15 is 0 Å². The van der Waals surface area contributed by atoms with Crippen molar-refractivity contribution in [3.8, 4) is 0 Å². The van der Waals surface area contributed by atoms with E-state index in [0.717, 1.165) is 0 Å². The zero-order valence-corrected chi connectivity index (χ0v) is 9.29. The van der Waals surface area contributed by atoms with Crippen LogP contribution in [0.25, 0.3) is 0 Å². The first-order valence-corrected chi connectivity index (χ1v) is 5.08. The number of ketones is 1. The van der Waals surface area contributed by atoms with Crippen molar-refractivity contribution in [2.75, 3.05) is 0 Å². The van der Waals surface area contributed by atoms with Crippen LogP contribution in [0.2, 0.25) is 0 Å². The summed E-state index contributed by atoms with van der Waals surface area (Å²) in [6, 6.07) is 0. The summed E-state index contributed by atoms with van der Waals surface area (Å²) in [7, 11) is 1.83. The summed E-state index contributed by atoms with van der Waals surface area (Å²) < 4.78 is 3.46. The zero-order valence-electron chi connectivity index (χ0n) is 9.29. The molecular formula is C10H13N5O. The predicted molar refractivity (Wildman–Crippen MR) is 56.9 cm³/mol. The third-order valence-corrected chi connectivity index (χ3v) is 2.30. The molecule has 6 nitrogen and oxygen atoms in total. The molecule has 0 aliphatic heterocycles. The summed E-state index contributed by atoms with van der Waals surface area (Å²) in [6.07, 6.45) is 5.02. The van der Waals surface area contributed by atoms with Gasteiger partial charge < -0.3 is 4.57 Å². The number of imidazole rings is 1. The summed E-state index contributed by atoms with van der Waals surface area (Å²) in [5, 5.41) is 4.01. The molecule has 0 aliphatic rings. The summed E-state index contributed by atoms with van der Waals surface area (Å²) in [5.74, 6) is 0.640. The smallest absolute Gasteiger partial charge is 0.190 e. The maximum Gasteiger partial charge on any atom is 0.190 e. The van der Waals surface area contributed by atoms with Gasteiger partial charge in [-0.15, -0.1) is 0 Å². The van der Waals surface area contributed by atoms with Gasteiger partial charge in [-0.25, -0.2) is 14.6 Å². The number of carbonyl (C=O) groups excluding carboxylic acids is 1. The summed E-state index contributed by atoms with van der Waals surface area (Å²) in [6.45, 7) is 2.67. The Balaban J connectivity index is 2.13. The molecule has 0 unspecified atom stereocenters. The van der Waals surface area contributed by atoms with Crippen LogP contribution in [0.1, 0.15) is 23.2 Å². The van der Waals surface area contributed by atoms with Crippen molar-refractivity contribution in [3.63, 3.8) is 0 Å². The Bertz CT molecular complexity index is 499. The molecule has 16 heavy (non-hydrogen) atoms. The molecule has 2 aromatic heterocycles. The second-order valence-corrected chi connectivity index (χ2v) is 3.52. The van der Waals surface area contributed by atoms with Crippen LogP contribution in [0.5, 0.6) is 0 Å². The molecule has 2 heterocycles. The number of hydrogen-bond acceptors (Lipinski definition) is 4. The average Bonchev–Trinajstić information content (AvgIpc) is 2.86. The SMILES string of the molecule is CCn1ncnc1CC(=O)c1cn(C)cn1. The number of carbonyl (C=O) groups is 1. The van der Waals surface area contributed by atoms with Crippen LogP contribution >= 0.6 is 0 Å². The largest absolute Gasteiger partial charge is 0.340 e. The van der Waals surface area contributed by atoms with Crippen molar-refractivity contribution in [1.29, 1.82) is 0 Å².